The van der Waals surface area contributed by atoms with Crippen LogP contribution in [0, 0.1) is 19.7 Å². The van der Waals surface area contributed by atoms with Crippen LogP contribution in [0.2, 0.25) is 0 Å². The van der Waals surface area contributed by atoms with Gasteiger partial charge in [0, 0.05) is 30.6 Å². The molecule has 0 amide bonds. The lowest BCUT2D eigenvalue weighted by Gasteiger charge is -2.22. The molecular formula is C21H23FN2O4S. The molecule has 2 N–H and O–H groups in total. The van der Waals surface area contributed by atoms with Gasteiger partial charge in [0.25, 0.3) is 5.56 Å². The molecule has 0 aliphatic heterocycles. The van der Waals surface area contributed by atoms with Crippen molar-refractivity contribution in [3.63, 3.8) is 0 Å². The number of H-pyrrole nitrogens is 1. The summed E-state index contributed by atoms with van der Waals surface area (Å²) in [6.45, 7) is 3.29. The second-order valence-corrected chi connectivity index (χ2v) is 8.86. The number of nitrogens with one attached hydrogen (secondary N) is 1. The number of benzene rings is 2. The number of fused-ring (bicyclic) bond motifs is 1. The van der Waals surface area contributed by atoms with Crippen LogP contribution >= 0.6 is 0 Å². The van der Waals surface area contributed by atoms with E-state index in [1.165, 1.54) is 18.2 Å². The Labute approximate surface area is 168 Å². The Morgan fingerprint density at radius 3 is 2.48 bits per heavy atom. The standard InChI is InChI=1S/C21H23FN2O4S/c1-14-8-9-15(2)20-17(14)12-16(21(26)23-20)13-24(10-5-11-25)29(27,28)19-7-4-3-6-18(19)22/h3-4,6-9,12,25H,5,10-11,13H2,1-2H3,(H,23,26). The van der Waals surface area contributed by atoms with Crippen molar-refractivity contribution in [3.8, 4) is 0 Å². The normalized spacial score (nSPS) is 12.0. The number of pyridine rings is 1. The smallest absolute Gasteiger partial charge is 0.252 e. The van der Waals surface area contributed by atoms with Gasteiger partial charge in [-0.1, -0.05) is 24.3 Å². The average Bonchev–Trinajstić information content (AvgIpc) is 2.69. The Kier molecular flexibility index (Phi) is 6.16. The van der Waals surface area contributed by atoms with E-state index in [0.717, 1.165) is 26.9 Å². The molecule has 29 heavy (non-hydrogen) atoms. The van der Waals surface area contributed by atoms with Gasteiger partial charge in [-0.3, -0.25) is 4.79 Å². The van der Waals surface area contributed by atoms with E-state index in [2.05, 4.69) is 4.98 Å². The van der Waals surface area contributed by atoms with Crippen LogP contribution in [0.15, 0.2) is 52.2 Å². The van der Waals surface area contributed by atoms with Gasteiger partial charge in [-0.25, -0.2) is 12.8 Å². The maximum Gasteiger partial charge on any atom is 0.252 e. The molecule has 3 aromatic rings. The van der Waals surface area contributed by atoms with Gasteiger partial charge in [-0.15, -0.1) is 0 Å². The highest BCUT2D eigenvalue weighted by molar-refractivity contribution is 7.89. The van der Waals surface area contributed by atoms with Crippen LogP contribution in [0.25, 0.3) is 10.9 Å². The summed E-state index contributed by atoms with van der Waals surface area (Å²) in [4.78, 5) is 15.0. The summed E-state index contributed by atoms with van der Waals surface area (Å²) >= 11 is 0. The van der Waals surface area contributed by atoms with Gasteiger partial charge in [0.15, 0.2) is 0 Å². The minimum atomic E-state index is -4.20. The number of hydrogen-bond acceptors (Lipinski definition) is 4. The number of rotatable bonds is 7. The van der Waals surface area contributed by atoms with Crippen LogP contribution in [0.3, 0.4) is 0 Å². The first-order valence-electron chi connectivity index (χ1n) is 9.23. The molecule has 2 aromatic carbocycles. The largest absolute Gasteiger partial charge is 0.396 e. The maximum absolute atomic E-state index is 14.2. The van der Waals surface area contributed by atoms with Gasteiger partial charge in [-0.05, 0) is 49.6 Å². The van der Waals surface area contributed by atoms with Crippen molar-refractivity contribution in [2.45, 2.75) is 31.7 Å². The van der Waals surface area contributed by atoms with E-state index < -0.39 is 26.3 Å². The minimum absolute atomic E-state index is 0.0442. The highest BCUT2D eigenvalue weighted by atomic mass is 32.2. The fourth-order valence-electron chi connectivity index (χ4n) is 3.25. The Morgan fingerprint density at radius 1 is 1.10 bits per heavy atom. The van der Waals surface area contributed by atoms with Crippen molar-refractivity contribution in [2.24, 2.45) is 0 Å². The Hall–Kier alpha value is -2.55. The van der Waals surface area contributed by atoms with Gasteiger partial charge in [-0.2, -0.15) is 4.31 Å². The van der Waals surface area contributed by atoms with Crippen molar-refractivity contribution in [1.29, 1.82) is 0 Å². The second kappa shape index (κ2) is 8.44. The summed E-state index contributed by atoms with van der Waals surface area (Å²) < 4.78 is 41.3. The molecule has 0 saturated heterocycles. The lowest BCUT2D eigenvalue weighted by Crippen LogP contribution is -2.34. The van der Waals surface area contributed by atoms with Gasteiger partial charge in [0.05, 0.1) is 5.52 Å². The Balaban J connectivity index is 2.08. The molecule has 0 spiro atoms. The molecule has 0 bridgehead atoms. The lowest BCUT2D eigenvalue weighted by atomic mass is 10.0. The molecule has 0 aliphatic rings. The molecule has 1 heterocycles. The zero-order chi connectivity index (χ0) is 21.2. The van der Waals surface area contributed by atoms with E-state index >= 15 is 0 Å². The quantitative estimate of drug-likeness (QED) is 0.617. The van der Waals surface area contributed by atoms with Gasteiger partial charge in [0.2, 0.25) is 10.0 Å². The van der Waals surface area contributed by atoms with Crippen LogP contribution < -0.4 is 5.56 Å². The van der Waals surface area contributed by atoms with Crippen molar-refractivity contribution < 1.29 is 17.9 Å². The van der Waals surface area contributed by atoms with Crippen LogP contribution in [0.5, 0.6) is 0 Å². The van der Waals surface area contributed by atoms with E-state index in [1.54, 1.807) is 6.07 Å². The molecule has 0 unspecified atom stereocenters. The summed E-state index contributed by atoms with van der Waals surface area (Å²) in [7, 11) is -4.20. The van der Waals surface area contributed by atoms with Gasteiger partial charge < -0.3 is 10.1 Å². The summed E-state index contributed by atoms with van der Waals surface area (Å²) in [5, 5.41) is 10.00. The monoisotopic (exact) mass is 418 g/mol. The van der Waals surface area contributed by atoms with Crippen molar-refractivity contribution in [2.75, 3.05) is 13.2 Å². The molecule has 0 saturated carbocycles. The second-order valence-electron chi connectivity index (χ2n) is 6.96. The van der Waals surface area contributed by atoms with E-state index in [4.69, 9.17) is 0 Å². The van der Waals surface area contributed by atoms with Crippen molar-refractivity contribution in [3.05, 3.63) is 75.3 Å². The molecule has 0 aliphatic carbocycles. The number of hydrogen-bond donors (Lipinski definition) is 2. The van der Waals surface area contributed by atoms with Crippen molar-refractivity contribution in [1.82, 2.24) is 9.29 Å². The van der Waals surface area contributed by atoms with Gasteiger partial charge in [0.1, 0.15) is 10.7 Å². The summed E-state index contributed by atoms with van der Waals surface area (Å²) in [6, 6.07) is 10.6. The number of nitrogens with zero attached hydrogens (tertiary/aromatic N) is 1. The molecule has 6 nitrogen and oxygen atoms in total. The Morgan fingerprint density at radius 2 is 1.79 bits per heavy atom. The number of aryl methyl sites for hydroxylation is 2. The first-order valence-corrected chi connectivity index (χ1v) is 10.7. The third kappa shape index (κ3) is 4.24. The fourth-order valence-corrected chi connectivity index (χ4v) is 4.77. The maximum atomic E-state index is 14.2. The molecule has 1 aromatic heterocycles. The van der Waals surface area contributed by atoms with Crippen LogP contribution in [0.1, 0.15) is 23.1 Å². The van der Waals surface area contributed by atoms with E-state index in [1.807, 2.05) is 26.0 Å². The molecule has 8 heteroatoms. The minimum Gasteiger partial charge on any atom is -0.396 e. The predicted octanol–water partition coefficient (Wildman–Crippen LogP) is 2.86. The molecule has 0 radical (unpaired) electrons. The van der Waals surface area contributed by atoms with E-state index in [0.29, 0.717) is 5.52 Å². The average molecular weight is 418 g/mol. The number of aliphatic hydroxyl groups excluding tert-OH is 1. The lowest BCUT2D eigenvalue weighted by molar-refractivity contribution is 0.267. The summed E-state index contributed by atoms with van der Waals surface area (Å²) in [5.74, 6) is -0.861. The third-order valence-electron chi connectivity index (χ3n) is 4.89. The fraction of sp³-hybridized carbons (Fsp3) is 0.286. The molecule has 0 atom stereocenters. The molecule has 0 fully saturated rings. The highest BCUT2D eigenvalue weighted by Crippen LogP contribution is 2.23. The summed E-state index contributed by atoms with van der Waals surface area (Å²) in [6.07, 6.45) is 0.164. The van der Waals surface area contributed by atoms with Crippen LogP contribution in [-0.4, -0.2) is 36.0 Å². The predicted molar refractivity (Wildman–Crippen MR) is 110 cm³/mol. The number of aromatic amines is 1. The highest BCUT2D eigenvalue weighted by Gasteiger charge is 2.28. The van der Waals surface area contributed by atoms with E-state index in [-0.39, 0.29) is 31.7 Å². The number of aromatic nitrogens is 1. The van der Waals surface area contributed by atoms with Crippen LogP contribution in [0.4, 0.5) is 4.39 Å². The SMILES string of the molecule is Cc1ccc(C)c2[nH]c(=O)c(CN(CCCO)S(=O)(=O)c3ccccc3F)cc12. The number of halogens is 1. The van der Waals surface area contributed by atoms with Crippen molar-refractivity contribution >= 4 is 20.9 Å². The molecule has 3 rings (SSSR count). The number of sulfonamides is 1. The zero-order valence-corrected chi connectivity index (χ0v) is 17.1. The van der Waals surface area contributed by atoms with Gasteiger partial charge >= 0.3 is 0 Å². The first-order chi connectivity index (χ1) is 13.8. The Bertz CT molecular complexity index is 1210. The first kappa shape index (κ1) is 21.2. The van der Waals surface area contributed by atoms with Crippen LogP contribution in [-0.2, 0) is 16.6 Å². The zero-order valence-electron chi connectivity index (χ0n) is 16.3. The topological polar surface area (TPSA) is 90.5 Å². The van der Waals surface area contributed by atoms with E-state index in [9.17, 15) is 22.7 Å². The third-order valence-corrected chi connectivity index (χ3v) is 6.77. The molecular weight excluding hydrogens is 395 g/mol. The number of aliphatic hydroxyl groups is 1. The summed E-state index contributed by atoms with van der Waals surface area (Å²) in [5.41, 5.74) is 2.41. The molecule has 154 valence electrons.